The van der Waals surface area contributed by atoms with Crippen molar-refractivity contribution in [2.45, 2.75) is 18.6 Å². The van der Waals surface area contributed by atoms with Crippen molar-refractivity contribution in [3.05, 3.63) is 9.98 Å². The lowest BCUT2D eigenvalue weighted by atomic mass is 10.2. The molecule has 0 unspecified atom stereocenters. The third kappa shape index (κ3) is 2.79. The van der Waals surface area contributed by atoms with E-state index in [1.54, 1.807) is 0 Å². The van der Waals surface area contributed by atoms with Crippen LogP contribution in [0.25, 0.3) is 0 Å². The summed E-state index contributed by atoms with van der Waals surface area (Å²) in [7, 11) is 0. The maximum atomic E-state index is 11.9. The number of carboxylic acids is 1. The largest absolute Gasteiger partial charge is 0.480 e. The molecule has 1 saturated heterocycles. The highest BCUT2D eigenvalue weighted by Crippen LogP contribution is 2.25. The first-order valence-electron chi connectivity index (χ1n) is 5.07. The third-order valence-electron chi connectivity index (χ3n) is 2.52. The number of anilines is 1. The molecule has 1 aromatic heterocycles. The quantitative estimate of drug-likeness (QED) is 0.746. The number of carbonyl (C=O) groups is 2. The minimum Gasteiger partial charge on any atom is -0.480 e. The Bertz CT molecular complexity index is 480. The predicted molar refractivity (Wildman–Crippen MR) is 67.6 cm³/mol. The van der Waals surface area contributed by atoms with Crippen molar-refractivity contribution in [3.8, 4) is 0 Å². The van der Waals surface area contributed by atoms with Crippen LogP contribution in [0.3, 0.4) is 0 Å². The van der Waals surface area contributed by atoms with Gasteiger partial charge in [-0.1, -0.05) is 11.3 Å². The lowest BCUT2D eigenvalue weighted by molar-refractivity contribution is -0.141. The van der Waals surface area contributed by atoms with Gasteiger partial charge in [0.25, 0.3) is 0 Å². The van der Waals surface area contributed by atoms with Crippen LogP contribution in [0.5, 0.6) is 0 Å². The van der Waals surface area contributed by atoms with E-state index in [9.17, 15) is 14.7 Å². The van der Waals surface area contributed by atoms with Gasteiger partial charge in [-0.2, -0.15) is 0 Å². The zero-order valence-corrected chi connectivity index (χ0v) is 11.4. The molecule has 9 heteroatoms. The van der Waals surface area contributed by atoms with Crippen LogP contribution < -0.4 is 5.32 Å². The SMILES string of the molecule is O=C(O)[C@H]1C[C@@H](O)CN1C(=O)Nc1ncc(Br)s1. The molecule has 7 nitrogen and oxygen atoms in total. The number of aliphatic carboxylic acids is 1. The summed E-state index contributed by atoms with van der Waals surface area (Å²) in [5.41, 5.74) is 0. The molecule has 18 heavy (non-hydrogen) atoms. The van der Waals surface area contributed by atoms with Crippen LogP contribution in [0.15, 0.2) is 9.98 Å². The molecule has 2 rings (SSSR count). The molecule has 2 amide bonds. The summed E-state index contributed by atoms with van der Waals surface area (Å²) >= 11 is 4.43. The van der Waals surface area contributed by atoms with Gasteiger partial charge in [0.05, 0.1) is 16.1 Å². The number of β-amino-alcohol motifs (C(OH)–C–C–N with tert-alkyl or cyclic N) is 1. The molecule has 2 heterocycles. The van der Waals surface area contributed by atoms with Crippen LogP contribution in [0, 0.1) is 0 Å². The number of carboxylic acid groups (broad SMARTS) is 1. The van der Waals surface area contributed by atoms with E-state index in [1.165, 1.54) is 17.5 Å². The highest BCUT2D eigenvalue weighted by molar-refractivity contribution is 9.11. The lowest BCUT2D eigenvalue weighted by Crippen LogP contribution is -2.43. The Balaban J connectivity index is 2.06. The number of hydrogen-bond acceptors (Lipinski definition) is 5. The van der Waals surface area contributed by atoms with Gasteiger partial charge in [0.15, 0.2) is 5.13 Å². The Kier molecular flexibility index (Phi) is 3.83. The van der Waals surface area contributed by atoms with Gasteiger partial charge in [-0.15, -0.1) is 0 Å². The van der Waals surface area contributed by atoms with Crippen molar-refractivity contribution in [3.63, 3.8) is 0 Å². The summed E-state index contributed by atoms with van der Waals surface area (Å²) in [4.78, 5) is 27.9. The average Bonchev–Trinajstić information content (AvgIpc) is 2.85. The molecule has 1 aromatic rings. The Hall–Kier alpha value is -1.19. The number of halogens is 1. The van der Waals surface area contributed by atoms with E-state index in [-0.39, 0.29) is 13.0 Å². The maximum Gasteiger partial charge on any atom is 0.326 e. The molecule has 0 aromatic carbocycles. The minimum atomic E-state index is -1.12. The number of likely N-dealkylation sites (tertiary alicyclic amines) is 1. The number of aromatic nitrogens is 1. The molecule has 1 aliphatic rings. The molecule has 0 aliphatic carbocycles. The van der Waals surface area contributed by atoms with Crippen molar-refractivity contribution in [2.75, 3.05) is 11.9 Å². The Labute approximate surface area is 115 Å². The number of nitrogens with zero attached hydrogens (tertiary/aromatic N) is 2. The van der Waals surface area contributed by atoms with E-state index in [4.69, 9.17) is 5.11 Å². The van der Waals surface area contributed by atoms with E-state index in [2.05, 4.69) is 26.2 Å². The van der Waals surface area contributed by atoms with Crippen molar-refractivity contribution >= 4 is 44.4 Å². The smallest absolute Gasteiger partial charge is 0.326 e. The molecule has 1 aliphatic heterocycles. The zero-order chi connectivity index (χ0) is 13.3. The number of aliphatic hydroxyl groups excluding tert-OH is 1. The van der Waals surface area contributed by atoms with Crippen molar-refractivity contribution < 1.29 is 19.8 Å². The van der Waals surface area contributed by atoms with E-state index in [0.29, 0.717) is 5.13 Å². The normalized spacial score (nSPS) is 23.1. The van der Waals surface area contributed by atoms with Crippen LogP contribution in [-0.4, -0.2) is 50.8 Å². The molecule has 0 radical (unpaired) electrons. The van der Waals surface area contributed by atoms with Gasteiger partial charge in [0, 0.05) is 13.0 Å². The molecule has 0 saturated carbocycles. The van der Waals surface area contributed by atoms with Crippen LogP contribution in [-0.2, 0) is 4.79 Å². The first kappa shape index (κ1) is 13.2. The van der Waals surface area contributed by atoms with Crippen LogP contribution >= 0.6 is 27.3 Å². The fourth-order valence-electron chi connectivity index (χ4n) is 1.75. The Morgan fingerprint density at radius 1 is 1.61 bits per heavy atom. The maximum absolute atomic E-state index is 11.9. The van der Waals surface area contributed by atoms with Gasteiger partial charge in [-0.3, -0.25) is 5.32 Å². The average molecular weight is 336 g/mol. The molecule has 98 valence electrons. The van der Waals surface area contributed by atoms with E-state index in [1.807, 2.05) is 0 Å². The van der Waals surface area contributed by atoms with E-state index in [0.717, 1.165) is 8.69 Å². The molecule has 2 atom stereocenters. The van der Waals surface area contributed by atoms with Crippen LogP contribution in [0.4, 0.5) is 9.93 Å². The number of amides is 2. The Morgan fingerprint density at radius 3 is 2.89 bits per heavy atom. The highest BCUT2D eigenvalue weighted by Gasteiger charge is 2.39. The van der Waals surface area contributed by atoms with Crippen molar-refractivity contribution in [1.29, 1.82) is 0 Å². The first-order valence-corrected chi connectivity index (χ1v) is 6.68. The van der Waals surface area contributed by atoms with Gasteiger partial charge >= 0.3 is 12.0 Å². The van der Waals surface area contributed by atoms with Crippen LogP contribution in [0.1, 0.15) is 6.42 Å². The van der Waals surface area contributed by atoms with Gasteiger partial charge in [-0.25, -0.2) is 14.6 Å². The number of aliphatic hydroxyl groups is 1. The van der Waals surface area contributed by atoms with E-state index >= 15 is 0 Å². The number of nitrogens with one attached hydrogen (secondary N) is 1. The number of hydrogen-bond donors (Lipinski definition) is 3. The monoisotopic (exact) mass is 335 g/mol. The molecule has 3 N–H and O–H groups in total. The third-order valence-corrected chi connectivity index (χ3v) is 3.91. The van der Waals surface area contributed by atoms with Gasteiger partial charge in [0.2, 0.25) is 0 Å². The number of rotatable bonds is 2. The Morgan fingerprint density at radius 2 is 2.33 bits per heavy atom. The van der Waals surface area contributed by atoms with Gasteiger partial charge in [0.1, 0.15) is 6.04 Å². The fourth-order valence-corrected chi connectivity index (χ4v) is 2.84. The van der Waals surface area contributed by atoms with E-state index < -0.39 is 24.1 Å². The summed E-state index contributed by atoms with van der Waals surface area (Å²) in [6, 6.07) is -1.57. The minimum absolute atomic E-state index is 0.00927. The second-order valence-electron chi connectivity index (χ2n) is 3.80. The first-order chi connectivity index (χ1) is 8.47. The summed E-state index contributed by atoms with van der Waals surface area (Å²) in [6.07, 6.45) is 0.776. The number of thiazole rings is 1. The molecule has 0 spiro atoms. The second-order valence-corrected chi connectivity index (χ2v) is 6.21. The molecular formula is C9H10BrN3O4S. The summed E-state index contributed by atoms with van der Waals surface area (Å²) in [6.45, 7) is 0.00927. The zero-order valence-electron chi connectivity index (χ0n) is 9.04. The van der Waals surface area contributed by atoms with Gasteiger partial charge < -0.3 is 15.1 Å². The summed E-state index contributed by atoms with van der Waals surface area (Å²) in [5.74, 6) is -1.12. The predicted octanol–water partition coefficient (Wildman–Crippen LogP) is 0.957. The summed E-state index contributed by atoms with van der Waals surface area (Å²) in [5, 5.41) is 21.3. The number of urea groups is 1. The fraction of sp³-hybridized carbons (Fsp3) is 0.444. The molecular weight excluding hydrogens is 326 g/mol. The topological polar surface area (TPSA) is 103 Å². The lowest BCUT2D eigenvalue weighted by Gasteiger charge is -2.20. The number of carbonyl (C=O) groups excluding carboxylic acids is 1. The molecule has 1 fully saturated rings. The van der Waals surface area contributed by atoms with Gasteiger partial charge in [-0.05, 0) is 15.9 Å². The highest BCUT2D eigenvalue weighted by atomic mass is 79.9. The standard InChI is InChI=1S/C9H10BrN3O4S/c10-6-2-11-8(18-6)12-9(17)13-3-4(14)1-5(13)7(15)16/h2,4-5,14H,1,3H2,(H,15,16)(H,11,12,17)/t4-,5-/m1/s1. The second kappa shape index (κ2) is 5.21. The van der Waals surface area contributed by atoms with Crippen molar-refractivity contribution in [2.24, 2.45) is 0 Å². The summed E-state index contributed by atoms with van der Waals surface area (Å²) < 4.78 is 0.758. The molecule has 0 bridgehead atoms. The van der Waals surface area contributed by atoms with Crippen molar-refractivity contribution in [1.82, 2.24) is 9.88 Å². The van der Waals surface area contributed by atoms with Crippen LogP contribution in [0.2, 0.25) is 0 Å².